The summed E-state index contributed by atoms with van der Waals surface area (Å²) in [6.07, 6.45) is 12.5. The topological polar surface area (TPSA) is 52.6 Å². The predicted octanol–water partition coefficient (Wildman–Crippen LogP) is 7.51. The zero-order valence-electron chi connectivity index (χ0n) is 20.7. The number of alkyl halides is 1. The average molecular weight is 477 g/mol. The number of hydrogen-bond donors (Lipinski definition) is 0. The van der Waals surface area contributed by atoms with E-state index in [2.05, 4.69) is 55.0 Å². The number of carbonyl (C=O) groups is 2. The molecule has 0 aliphatic heterocycles. The first-order valence-electron chi connectivity index (χ1n) is 12.5. The number of benzene rings is 1. The lowest BCUT2D eigenvalue weighted by Gasteiger charge is -2.25. The summed E-state index contributed by atoms with van der Waals surface area (Å²) in [5, 5.41) is 0.159. The van der Waals surface area contributed by atoms with Crippen molar-refractivity contribution in [3.63, 3.8) is 0 Å². The van der Waals surface area contributed by atoms with Crippen LogP contribution in [-0.2, 0) is 19.1 Å². The lowest BCUT2D eigenvalue weighted by molar-refractivity contribution is -0.147. The largest absolute Gasteiger partial charge is 0.469 e. The first kappa shape index (κ1) is 27.4. The molecule has 33 heavy (non-hydrogen) atoms. The van der Waals surface area contributed by atoms with Crippen LogP contribution in [0.15, 0.2) is 36.4 Å². The molecule has 1 fully saturated rings. The van der Waals surface area contributed by atoms with Gasteiger partial charge in [-0.15, -0.1) is 11.6 Å². The molecule has 0 spiro atoms. The minimum absolute atomic E-state index is 0.154. The summed E-state index contributed by atoms with van der Waals surface area (Å²) in [5.74, 6) is 0.934. The predicted molar refractivity (Wildman–Crippen MR) is 134 cm³/mol. The van der Waals surface area contributed by atoms with Gasteiger partial charge in [0.2, 0.25) is 0 Å². The number of halogens is 1. The highest BCUT2D eigenvalue weighted by molar-refractivity contribution is 6.21. The molecule has 1 aromatic carbocycles. The van der Waals surface area contributed by atoms with Crippen LogP contribution in [0.3, 0.4) is 0 Å². The number of ether oxygens (including phenoxy) is 2. The maximum Gasteiger partial charge on any atom is 0.305 e. The monoisotopic (exact) mass is 476 g/mol. The van der Waals surface area contributed by atoms with Gasteiger partial charge < -0.3 is 9.47 Å². The van der Waals surface area contributed by atoms with Crippen molar-refractivity contribution in [1.29, 1.82) is 0 Å². The molecule has 1 aliphatic rings. The summed E-state index contributed by atoms with van der Waals surface area (Å²) in [5.41, 5.74) is 2.38. The fourth-order valence-electron chi connectivity index (χ4n) is 5.04. The van der Waals surface area contributed by atoms with Crippen molar-refractivity contribution < 1.29 is 19.1 Å². The van der Waals surface area contributed by atoms with Gasteiger partial charge in [-0.2, -0.15) is 0 Å². The van der Waals surface area contributed by atoms with Gasteiger partial charge in [-0.1, -0.05) is 63.1 Å². The van der Waals surface area contributed by atoms with Crippen molar-refractivity contribution in [2.45, 2.75) is 96.0 Å². The Morgan fingerprint density at radius 3 is 2.52 bits per heavy atom. The van der Waals surface area contributed by atoms with Crippen LogP contribution < -0.4 is 0 Å². The second kappa shape index (κ2) is 14.5. The van der Waals surface area contributed by atoms with Crippen LogP contribution in [0.1, 0.15) is 102 Å². The van der Waals surface area contributed by atoms with Crippen LogP contribution in [0.4, 0.5) is 0 Å². The van der Waals surface area contributed by atoms with E-state index in [-0.39, 0.29) is 23.4 Å². The number of esters is 2. The Morgan fingerprint density at radius 2 is 1.88 bits per heavy atom. The van der Waals surface area contributed by atoms with Gasteiger partial charge >= 0.3 is 11.9 Å². The molecule has 0 radical (unpaired) electrons. The van der Waals surface area contributed by atoms with Crippen LogP contribution in [0.2, 0.25) is 0 Å². The molecule has 0 bridgehead atoms. The van der Waals surface area contributed by atoms with Gasteiger partial charge in [0.1, 0.15) is 6.10 Å². The van der Waals surface area contributed by atoms with E-state index in [0.29, 0.717) is 24.2 Å². The summed E-state index contributed by atoms with van der Waals surface area (Å²) in [6, 6.07) is 8.66. The zero-order valence-corrected chi connectivity index (χ0v) is 21.5. The smallest absolute Gasteiger partial charge is 0.305 e. The molecule has 0 saturated heterocycles. The lowest BCUT2D eigenvalue weighted by atomic mass is 9.82. The van der Waals surface area contributed by atoms with Crippen molar-refractivity contribution >= 4 is 23.5 Å². The molecule has 5 heteroatoms. The molecular weight excluding hydrogens is 436 g/mol. The van der Waals surface area contributed by atoms with Gasteiger partial charge in [-0.3, -0.25) is 9.59 Å². The average Bonchev–Trinajstić information content (AvgIpc) is 3.07. The maximum absolute atomic E-state index is 11.6. The Labute approximate surface area is 205 Å². The fraction of sp³-hybridized carbons (Fsp3) is 0.643. The van der Waals surface area contributed by atoms with Crippen LogP contribution in [0.5, 0.6) is 0 Å². The highest BCUT2D eigenvalue weighted by Crippen LogP contribution is 2.48. The molecule has 2 rings (SSSR count). The van der Waals surface area contributed by atoms with Crippen LogP contribution in [0, 0.1) is 11.8 Å². The molecular formula is C28H41ClO4. The maximum atomic E-state index is 11.6. The Morgan fingerprint density at radius 1 is 1.15 bits per heavy atom. The fourth-order valence-corrected chi connectivity index (χ4v) is 5.58. The van der Waals surface area contributed by atoms with Crippen molar-refractivity contribution in [3.8, 4) is 0 Å². The molecule has 4 nitrogen and oxygen atoms in total. The van der Waals surface area contributed by atoms with E-state index in [4.69, 9.17) is 16.3 Å². The molecule has 0 N–H and O–H groups in total. The van der Waals surface area contributed by atoms with E-state index in [9.17, 15) is 9.59 Å². The summed E-state index contributed by atoms with van der Waals surface area (Å²) >= 11 is 6.78. The first-order chi connectivity index (χ1) is 15.9. The summed E-state index contributed by atoms with van der Waals surface area (Å²) in [7, 11) is 1.43. The molecule has 1 aromatic rings. The highest BCUT2D eigenvalue weighted by atomic mass is 35.5. The number of rotatable bonds is 13. The molecule has 0 aromatic heterocycles. The van der Waals surface area contributed by atoms with E-state index in [1.807, 2.05) is 0 Å². The lowest BCUT2D eigenvalue weighted by Crippen LogP contribution is -2.15. The SMILES string of the molecule is CCCCCC(OC(C)=O)c1ccc([C@@H]2[C@@H](C/C=C\CCCC(=O)OC)[C@H](Cl)C[C@H]2C)cc1. The van der Waals surface area contributed by atoms with Gasteiger partial charge in [0.15, 0.2) is 0 Å². The van der Waals surface area contributed by atoms with E-state index >= 15 is 0 Å². The van der Waals surface area contributed by atoms with Crippen LogP contribution >= 0.6 is 11.6 Å². The minimum atomic E-state index is -0.228. The van der Waals surface area contributed by atoms with Gasteiger partial charge in [0, 0.05) is 18.7 Å². The molecule has 0 heterocycles. The van der Waals surface area contributed by atoms with Crippen LogP contribution in [-0.4, -0.2) is 24.4 Å². The summed E-state index contributed by atoms with van der Waals surface area (Å²) < 4.78 is 10.3. The molecule has 5 atom stereocenters. The molecule has 0 amide bonds. The molecule has 1 aliphatic carbocycles. The number of carbonyl (C=O) groups excluding carboxylic acids is 2. The molecule has 1 unspecified atom stereocenters. The van der Waals surface area contributed by atoms with Crippen molar-refractivity contribution in [2.24, 2.45) is 11.8 Å². The number of unbranched alkanes of at least 4 members (excludes halogenated alkanes) is 3. The Bertz CT molecular complexity index is 758. The van der Waals surface area contributed by atoms with Crippen molar-refractivity contribution in [1.82, 2.24) is 0 Å². The van der Waals surface area contributed by atoms with Gasteiger partial charge in [-0.05, 0) is 67.4 Å². The van der Waals surface area contributed by atoms with Gasteiger partial charge in [0.25, 0.3) is 0 Å². The van der Waals surface area contributed by atoms with Crippen molar-refractivity contribution in [3.05, 3.63) is 47.5 Å². The standard InChI is InChI=1S/C28H41ClO4/c1-5-6-9-13-26(33-21(3)30)22-15-17-23(18-16-22)28-20(2)19-25(29)24(28)12-10-7-8-11-14-27(31)32-4/h7,10,15-18,20,24-26,28H,5-6,8-9,11-14,19H2,1-4H3/b10-7-/t20-,24+,25-,26?,28-/m1/s1. The highest BCUT2D eigenvalue weighted by Gasteiger charge is 2.40. The number of methoxy groups -OCH3 is 1. The minimum Gasteiger partial charge on any atom is -0.469 e. The molecule has 184 valence electrons. The van der Waals surface area contributed by atoms with E-state index in [0.717, 1.165) is 56.9 Å². The quantitative estimate of drug-likeness (QED) is 0.128. The second-order valence-corrected chi connectivity index (χ2v) is 9.92. The third kappa shape index (κ3) is 8.81. The Hall–Kier alpha value is -1.81. The summed E-state index contributed by atoms with van der Waals surface area (Å²) in [6.45, 7) is 5.95. The van der Waals surface area contributed by atoms with E-state index < -0.39 is 0 Å². The third-order valence-electron chi connectivity index (χ3n) is 6.76. The Balaban J connectivity index is 2.03. The normalized spacial score (nSPS) is 23.5. The third-order valence-corrected chi connectivity index (χ3v) is 7.26. The van der Waals surface area contributed by atoms with E-state index in [1.165, 1.54) is 19.6 Å². The van der Waals surface area contributed by atoms with E-state index in [1.54, 1.807) is 0 Å². The second-order valence-electron chi connectivity index (χ2n) is 9.35. The van der Waals surface area contributed by atoms with Crippen molar-refractivity contribution in [2.75, 3.05) is 7.11 Å². The van der Waals surface area contributed by atoms with Crippen LogP contribution in [0.25, 0.3) is 0 Å². The summed E-state index contributed by atoms with van der Waals surface area (Å²) in [4.78, 5) is 22.8. The van der Waals surface area contributed by atoms with Gasteiger partial charge in [-0.25, -0.2) is 0 Å². The first-order valence-corrected chi connectivity index (χ1v) is 12.9. The number of hydrogen-bond acceptors (Lipinski definition) is 4. The Kier molecular flexibility index (Phi) is 12.0. The number of allylic oxidation sites excluding steroid dienone is 2. The molecule has 1 saturated carbocycles. The zero-order chi connectivity index (χ0) is 24.2. The van der Waals surface area contributed by atoms with Gasteiger partial charge in [0.05, 0.1) is 7.11 Å².